The summed E-state index contributed by atoms with van der Waals surface area (Å²) in [6.07, 6.45) is 9.53. The molecule has 0 aromatic heterocycles. The summed E-state index contributed by atoms with van der Waals surface area (Å²) < 4.78 is 0. The lowest BCUT2D eigenvalue weighted by Gasteiger charge is -2.27. The van der Waals surface area contributed by atoms with Crippen molar-refractivity contribution in [3.8, 4) is 0 Å². The topological polar surface area (TPSA) is 49.9 Å². The summed E-state index contributed by atoms with van der Waals surface area (Å²) >= 11 is 0. The number of nitrogens with one attached hydrogen (secondary N) is 1. The van der Waals surface area contributed by atoms with Crippen molar-refractivity contribution in [2.75, 3.05) is 0 Å². The Labute approximate surface area is 86.1 Å². The van der Waals surface area contributed by atoms with Crippen LogP contribution in [0, 0.1) is 11.3 Å². The number of rotatable bonds is 2. The molecule has 2 fully saturated rings. The molecule has 2 rings (SSSR count). The van der Waals surface area contributed by atoms with Crippen molar-refractivity contribution < 1.29 is 0 Å². The van der Waals surface area contributed by atoms with Crippen molar-refractivity contribution in [1.29, 1.82) is 5.41 Å². The van der Waals surface area contributed by atoms with Crippen LogP contribution in [0.25, 0.3) is 0 Å². The van der Waals surface area contributed by atoms with Crippen molar-refractivity contribution >= 4 is 5.71 Å². The predicted octanol–water partition coefficient (Wildman–Crippen LogP) is 2.98. The van der Waals surface area contributed by atoms with Crippen molar-refractivity contribution in [1.82, 2.24) is 0 Å². The van der Waals surface area contributed by atoms with Gasteiger partial charge in [-0.1, -0.05) is 19.3 Å². The molecule has 0 aromatic rings. The van der Waals surface area contributed by atoms with Gasteiger partial charge in [0.1, 0.15) is 0 Å². The summed E-state index contributed by atoms with van der Waals surface area (Å²) in [7, 11) is 0. The van der Waals surface area contributed by atoms with Crippen LogP contribution in [0.4, 0.5) is 0 Å². The maximum atomic E-state index is 7.86. The fraction of sp³-hybridized carbons (Fsp3) is 0.750. The Morgan fingerprint density at radius 1 is 1.21 bits per heavy atom. The average molecular weight is 192 g/mol. The number of hydrogen-bond donors (Lipinski definition) is 2. The third-order valence-electron chi connectivity index (χ3n) is 3.59. The first-order chi connectivity index (χ1) is 6.77. The van der Waals surface area contributed by atoms with E-state index in [9.17, 15) is 0 Å². The maximum Gasteiger partial charge on any atom is 0.0363 e. The number of hydrogen-bond acceptors (Lipinski definition) is 2. The van der Waals surface area contributed by atoms with Crippen LogP contribution < -0.4 is 5.73 Å². The summed E-state index contributed by atoms with van der Waals surface area (Å²) in [4.78, 5) is 0. The zero-order chi connectivity index (χ0) is 9.97. The van der Waals surface area contributed by atoms with E-state index in [0.717, 1.165) is 36.6 Å². The molecule has 2 aliphatic carbocycles. The van der Waals surface area contributed by atoms with Crippen LogP contribution in [0.5, 0.6) is 0 Å². The molecule has 3 N–H and O–H groups in total. The Morgan fingerprint density at radius 2 is 1.93 bits per heavy atom. The Kier molecular flexibility index (Phi) is 2.90. The minimum atomic E-state index is 0.813. The van der Waals surface area contributed by atoms with Gasteiger partial charge in [-0.3, -0.25) is 0 Å². The van der Waals surface area contributed by atoms with Crippen LogP contribution in [-0.2, 0) is 0 Å². The van der Waals surface area contributed by atoms with Gasteiger partial charge < -0.3 is 11.1 Å². The molecule has 0 aliphatic heterocycles. The van der Waals surface area contributed by atoms with E-state index in [1.807, 2.05) is 0 Å². The largest absolute Gasteiger partial charge is 0.402 e. The van der Waals surface area contributed by atoms with Crippen molar-refractivity contribution in [2.45, 2.75) is 51.4 Å². The first-order valence-electron chi connectivity index (χ1n) is 5.82. The van der Waals surface area contributed by atoms with E-state index in [2.05, 4.69) is 0 Å². The predicted molar refractivity (Wildman–Crippen MR) is 59.4 cm³/mol. The lowest BCUT2D eigenvalue weighted by molar-refractivity contribution is 0.312. The summed E-state index contributed by atoms with van der Waals surface area (Å²) in [6.45, 7) is 0. The molecule has 2 heteroatoms. The maximum absolute atomic E-state index is 7.86. The van der Waals surface area contributed by atoms with Crippen LogP contribution in [0.15, 0.2) is 11.3 Å². The Balaban J connectivity index is 1.99. The highest BCUT2D eigenvalue weighted by Crippen LogP contribution is 2.33. The first kappa shape index (κ1) is 9.75. The van der Waals surface area contributed by atoms with Crippen LogP contribution in [0.3, 0.4) is 0 Å². The van der Waals surface area contributed by atoms with E-state index >= 15 is 0 Å². The summed E-state index contributed by atoms with van der Waals surface area (Å²) in [5, 5.41) is 7.86. The molecule has 0 heterocycles. The zero-order valence-electron chi connectivity index (χ0n) is 8.81. The van der Waals surface area contributed by atoms with Gasteiger partial charge in [0.25, 0.3) is 0 Å². The van der Waals surface area contributed by atoms with E-state index in [-0.39, 0.29) is 0 Å². The Bertz CT molecular complexity index is 261. The minimum Gasteiger partial charge on any atom is -0.402 e. The number of allylic oxidation sites excluding steroid dienone is 2. The smallest absolute Gasteiger partial charge is 0.0363 e. The summed E-state index contributed by atoms with van der Waals surface area (Å²) in [6, 6.07) is 0. The van der Waals surface area contributed by atoms with Gasteiger partial charge in [0.2, 0.25) is 0 Å². The van der Waals surface area contributed by atoms with Gasteiger partial charge in [-0.25, -0.2) is 0 Å². The molecule has 14 heavy (non-hydrogen) atoms. The monoisotopic (exact) mass is 192 g/mol. The van der Waals surface area contributed by atoms with Crippen molar-refractivity contribution in [2.24, 2.45) is 11.7 Å². The first-order valence-corrected chi connectivity index (χ1v) is 5.82. The second-order valence-corrected chi connectivity index (χ2v) is 4.69. The lowest BCUT2D eigenvalue weighted by Crippen LogP contribution is -2.19. The zero-order valence-corrected chi connectivity index (χ0v) is 8.81. The van der Waals surface area contributed by atoms with Gasteiger partial charge in [-0.15, -0.1) is 0 Å². The van der Waals surface area contributed by atoms with Crippen molar-refractivity contribution in [3.63, 3.8) is 0 Å². The molecule has 0 spiro atoms. The van der Waals surface area contributed by atoms with Gasteiger partial charge in [0, 0.05) is 11.4 Å². The molecule has 0 amide bonds. The van der Waals surface area contributed by atoms with E-state index < -0.39 is 0 Å². The third kappa shape index (κ3) is 1.99. The van der Waals surface area contributed by atoms with E-state index in [1.54, 1.807) is 0 Å². The van der Waals surface area contributed by atoms with Gasteiger partial charge in [-0.2, -0.15) is 0 Å². The van der Waals surface area contributed by atoms with Crippen LogP contribution in [-0.4, -0.2) is 5.71 Å². The molecular weight excluding hydrogens is 172 g/mol. The van der Waals surface area contributed by atoms with Crippen LogP contribution in [0.2, 0.25) is 0 Å². The molecule has 78 valence electrons. The molecular formula is C12H20N2. The molecule has 0 aromatic carbocycles. The highest BCUT2D eigenvalue weighted by atomic mass is 14.6. The molecule has 0 unspecified atom stereocenters. The lowest BCUT2D eigenvalue weighted by atomic mass is 9.80. The molecule has 0 radical (unpaired) electrons. The Hall–Kier alpha value is -0.790. The molecule has 0 atom stereocenters. The third-order valence-corrected chi connectivity index (χ3v) is 3.59. The molecule has 0 bridgehead atoms. The highest BCUT2D eigenvalue weighted by Gasteiger charge is 2.21. The Morgan fingerprint density at radius 3 is 2.50 bits per heavy atom. The van der Waals surface area contributed by atoms with Gasteiger partial charge >= 0.3 is 0 Å². The highest BCUT2D eigenvalue weighted by molar-refractivity contribution is 5.98. The second-order valence-electron chi connectivity index (χ2n) is 4.69. The summed E-state index contributed by atoms with van der Waals surface area (Å²) in [5.74, 6) is 0.831. The van der Waals surface area contributed by atoms with E-state index in [0.29, 0.717) is 0 Å². The molecule has 2 aliphatic rings. The van der Waals surface area contributed by atoms with Gasteiger partial charge in [0.05, 0.1) is 0 Å². The summed E-state index contributed by atoms with van der Waals surface area (Å²) in [5.41, 5.74) is 9.11. The fourth-order valence-electron chi connectivity index (χ4n) is 2.39. The van der Waals surface area contributed by atoms with Crippen LogP contribution in [0.1, 0.15) is 51.4 Å². The van der Waals surface area contributed by atoms with Gasteiger partial charge in [0.15, 0.2) is 0 Å². The molecule has 2 saturated carbocycles. The average Bonchev–Trinajstić information content (AvgIpc) is 2.12. The second kappa shape index (κ2) is 4.16. The van der Waals surface area contributed by atoms with Gasteiger partial charge in [-0.05, 0) is 43.6 Å². The normalized spacial score (nSPS) is 27.3. The van der Waals surface area contributed by atoms with Crippen molar-refractivity contribution in [3.05, 3.63) is 11.3 Å². The quantitative estimate of drug-likeness (QED) is 0.694. The fourth-order valence-corrected chi connectivity index (χ4v) is 2.39. The van der Waals surface area contributed by atoms with E-state index in [4.69, 9.17) is 11.1 Å². The number of nitrogens with two attached hydrogens (primary N) is 1. The minimum absolute atomic E-state index is 0.813. The standard InChI is InChI=1S/C12H20N2/c13-11-7-2-1-6-10(11)12(14)8-9-4-3-5-9/h9,13H,1-8,14H2/b12-10+,13-11?. The SMILES string of the molecule is N=C1CCCC/C1=C(\N)CC1CCC1. The molecule has 2 nitrogen and oxygen atoms in total. The van der Waals surface area contributed by atoms with Crippen LogP contribution >= 0.6 is 0 Å². The molecule has 0 saturated heterocycles. The van der Waals surface area contributed by atoms with E-state index in [1.165, 1.54) is 37.7 Å².